The van der Waals surface area contributed by atoms with E-state index in [4.69, 9.17) is 0 Å². The molecular weight excluding hydrogens is 639 g/mol. The fourth-order valence-electron chi connectivity index (χ4n) is 5.55. The average Bonchev–Trinajstić information content (AvgIpc) is 3.15. The summed E-state index contributed by atoms with van der Waals surface area (Å²) < 4.78 is 0. The molecule has 0 rings (SSSR count). The van der Waals surface area contributed by atoms with Crippen molar-refractivity contribution in [1.82, 2.24) is 5.32 Å². The third kappa shape index (κ3) is 38.3. The SMILES string of the molecule is CC/C=C\C/C=C\C/C=C\C/C=C\C/C=C\C/C=C\C/C=C\C/C=C\CCCCCCCCCCCCCCC(=O)NC(CO)C(O)/C=C/CCC. The van der Waals surface area contributed by atoms with Crippen LogP contribution in [0.25, 0.3) is 0 Å². The molecule has 294 valence electrons. The summed E-state index contributed by atoms with van der Waals surface area (Å²) in [5.74, 6) is -0.0846. The zero-order chi connectivity index (χ0) is 37.8. The lowest BCUT2D eigenvalue weighted by molar-refractivity contribution is -0.123. The number of rotatable bonds is 36. The first-order valence-electron chi connectivity index (χ1n) is 21.1. The zero-order valence-corrected chi connectivity index (χ0v) is 33.5. The number of carbonyl (C=O) groups is 1. The van der Waals surface area contributed by atoms with Crippen LogP contribution < -0.4 is 5.32 Å². The van der Waals surface area contributed by atoms with E-state index in [1.54, 1.807) is 6.08 Å². The van der Waals surface area contributed by atoms with E-state index in [2.05, 4.69) is 116 Å². The maximum absolute atomic E-state index is 12.2. The van der Waals surface area contributed by atoms with Crippen LogP contribution in [0.15, 0.2) is 109 Å². The van der Waals surface area contributed by atoms with Gasteiger partial charge >= 0.3 is 0 Å². The highest BCUT2D eigenvalue weighted by atomic mass is 16.3. The summed E-state index contributed by atoms with van der Waals surface area (Å²) in [4.78, 5) is 12.2. The fraction of sp³-hybridized carbons (Fsp3) is 0.604. The van der Waals surface area contributed by atoms with Gasteiger partial charge in [-0.25, -0.2) is 0 Å². The molecule has 4 nitrogen and oxygen atoms in total. The van der Waals surface area contributed by atoms with Crippen molar-refractivity contribution < 1.29 is 15.0 Å². The molecule has 0 saturated heterocycles. The number of aliphatic hydroxyl groups is 2. The quantitative estimate of drug-likeness (QED) is 0.0446. The maximum atomic E-state index is 12.2. The number of amides is 1. The molecule has 0 spiro atoms. The Labute approximate surface area is 321 Å². The first-order valence-corrected chi connectivity index (χ1v) is 21.1. The van der Waals surface area contributed by atoms with Gasteiger partial charge in [-0.3, -0.25) is 4.79 Å². The van der Waals surface area contributed by atoms with Crippen LogP contribution in [0, 0.1) is 0 Å². The summed E-state index contributed by atoms with van der Waals surface area (Å²) in [6.45, 7) is 3.98. The van der Waals surface area contributed by atoms with Crippen LogP contribution in [-0.4, -0.2) is 34.9 Å². The van der Waals surface area contributed by atoms with Gasteiger partial charge in [0.1, 0.15) is 0 Å². The van der Waals surface area contributed by atoms with E-state index in [0.717, 1.165) is 77.0 Å². The topological polar surface area (TPSA) is 69.6 Å². The minimum atomic E-state index is -0.841. The zero-order valence-electron chi connectivity index (χ0n) is 33.5. The second-order valence-corrected chi connectivity index (χ2v) is 13.7. The molecule has 0 fully saturated rings. The number of allylic oxidation sites excluding steroid dienone is 17. The van der Waals surface area contributed by atoms with Crippen LogP contribution in [0.2, 0.25) is 0 Å². The molecule has 0 bridgehead atoms. The maximum Gasteiger partial charge on any atom is 0.220 e. The van der Waals surface area contributed by atoms with Crippen LogP contribution in [0.5, 0.6) is 0 Å². The van der Waals surface area contributed by atoms with Gasteiger partial charge in [-0.1, -0.05) is 194 Å². The molecule has 1 amide bonds. The Bertz CT molecular complexity index is 1040. The monoisotopic (exact) mass is 718 g/mol. The van der Waals surface area contributed by atoms with E-state index in [0.29, 0.717) is 6.42 Å². The summed E-state index contributed by atoms with van der Waals surface area (Å²) in [5.41, 5.74) is 0. The van der Waals surface area contributed by atoms with E-state index in [1.165, 1.54) is 70.6 Å². The lowest BCUT2D eigenvalue weighted by atomic mass is 10.0. The number of aliphatic hydroxyl groups excluding tert-OH is 2. The third-order valence-electron chi connectivity index (χ3n) is 8.74. The molecule has 0 aromatic heterocycles. The number of carbonyl (C=O) groups excluding carboxylic acids is 1. The standard InChI is InChI=1S/C48H79NO3/c1-3-5-7-8-9-10-11-12-13-14-15-16-17-18-19-20-21-22-23-24-25-26-27-28-29-30-31-32-33-34-35-36-37-38-39-40-42-44-48(52)49-46(45-50)47(51)43-41-6-4-2/h5,7,9-10,12-13,15-16,18-19,21-22,24-25,27-28,41,43,46-47,50-51H,3-4,6,8,11,14,17,20,23,26,29-40,42,44-45H2,1-2H3,(H,49,52)/b7-5-,10-9-,13-12-,16-15-,19-18-,22-21-,25-24-,28-27-,43-41+. The van der Waals surface area contributed by atoms with Crippen molar-refractivity contribution in [2.75, 3.05) is 6.61 Å². The first kappa shape index (κ1) is 49.0. The summed E-state index contributed by atoms with van der Waals surface area (Å²) in [5, 5.41) is 22.4. The molecule has 0 aromatic rings. The summed E-state index contributed by atoms with van der Waals surface area (Å²) >= 11 is 0. The lowest BCUT2D eigenvalue weighted by Gasteiger charge is -2.19. The van der Waals surface area contributed by atoms with E-state index in [-0.39, 0.29) is 12.5 Å². The van der Waals surface area contributed by atoms with Crippen molar-refractivity contribution in [3.05, 3.63) is 109 Å². The molecule has 0 aliphatic carbocycles. The predicted octanol–water partition coefficient (Wildman–Crippen LogP) is 13.2. The van der Waals surface area contributed by atoms with E-state index in [9.17, 15) is 15.0 Å². The Morgan fingerprint density at radius 1 is 0.481 bits per heavy atom. The molecule has 2 unspecified atom stereocenters. The van der Waals surface area contributed by atoms with E-state index >= 15 is 0 Å². The molecule has 0 aliphatic heterocycles. The number of unbranched alkanes of at least 4 members (excludes halogenated alkanes) is 13. The highest BCUT2D eigenvalue weighted by molar-refractivity contribution is 5.76. The van der Waals surface area contributed by atoms with Gasteiger partial charge in [0.2, 0.25) is 5.91 Å². The van der Waals surface area contributed by atoms with Gasteiger partial charge in [-0.2, -0.15) is 0 Å². The molecule has 2 atom stereocenters. The molecule has 52 heavy (non-hydrogen) atoms. The highest BCUT2D eigenvalue weighted by Crippen LogP contribution is 2.13. The number of hydrogen-bond acceptors (Lipinski definition) is 3. The second kappa shape index (κ2) is 42.5. The van der Waals surface area contributed by atoms with Gasteiger partial charge in [-0.15, -0.1) is 0 Å². The van der Waals surface area contributed by atoms with Gasteiger partial charge in [0.15, 0.2) is 0 Å². The van der Waals surface area contributed by atoms with Gasteiger partial charge in [-0.05, 0) is 77.0 Å². The molecule has 4 heteroatoms. The second-order valence-electron chi connectivity index (χ2n) is 13.7. The molecule has 0 aromatic carbocycles. The first-order chi connectivity index (χ1) is 25.7. The smallest absolute Gasteiger partial charge is 0.220 e. The van der Waals surface area contributed by atoms with Gasteiger partial charge in [0.25, 0.3) is 0 Å². The van der Waals surface area contributed by atoms with Crippen LogP contribution in [0.1, 0.15) is 168 Å². The molecular formula is C48H79NO3. The Kier molecular flexibility index (Phi) is 40.1. The fourth-order valence-corrected chi connectivity index (χ4v) is 5.55. The van der Waals surface area contributed by atoms with Crippen molar-refractivity contribution >= 4 is 5.91 Å². The molecule has 0 aliphatic rings. The largest absolute Gasteiger partial charge is 0.394 e. The highest BCUT2D eigenvalue weighted by Gasteiger charge is 2.17. The molecule has 3 N–H and O–H groups in total. The van der Waals surface area contributed by atoms with Crippen molar-refractivity contribution in [3.63, 3.8) is 0 Å². The number of hydrogen-bond donors (Lipinski definition) is 3. The normalized spacial score (nSPS) is 14.2. The Balaban J connectivity index is 3.51. The van der Waals surface area contributed by atoms with E-state index < -0.39 is 12.1 Å². The lowest BCUT2D eigenvalue weighted by Crippen LogP contribution is -2.45. The Morgan fingerprint density at radius 2 is 0.846 bits per heavy atom. The van der Waals surface area contributed by atoms with Crippen LogP contribution in [0.3, 0.4) is 0 Å². The summed E-state index contributed by atoms with van der Waals surface area (Å²) in [6.07, 6.45) is 65.5. The molecule has 0 heterocycles. The van der Waals surface area contributed by atoms with Crippen molar-refractivity contribution in [1.29, 1.82) is 0 Å². The Hall–Kier alpha value is -2.95. The van der Waals surface area contributed by atoms with Crippen LogP contribution >= 0.6 is 0 Å². The minimum Gasteiger partial charge on any atom is -0.394 e. The predicted molar refractivity (Wildman–Crippen MR) is 229 cm³/mol. The summed E-state index contributed by atoms with van der Waals surface area (Å²) in [7, 11) is 0. The molecule has 0 radical (unpaired) electrons. The summed E-state index contributed by atoms with van der Waals surface area (Å²) in [6, 6.07) is -0.624. The third-order valence-corrected chi connectivity index (χ3v) is 8.74. The van der Waals surface area contributed by atoms with Gasteiger partial charge in [0.05, 0.1) is 18.8 Å². The van der Waals surface area contributed by atoms with Crippen LogP contribution in [0.4, 0.5) is 0 Å². The Morgan fingerprint density at radius 3 is 1.23 bits per heavy atom. The van der Waals surface area contributed by atoms with E-state index in [1.807, 2.05) is 6.08 Å². The van der Waals surface area contributed by atoms with Gasteiger partial charge in [0, 0.05) is 6.42 Å². The number of nitrogens with one attached hydrogen (secondary N) is 1. The van der Waals surface area contributed by atoms with Crippen molar-refractivity contribution in [2.24, 2.45) is 0 Å². The van der Waals surface area contributed by atoms with Gasteiger partial charge < -0.3 is 15.5 Å². The van der Waals surface area contributed by atoms with Crippen molar-refractivity contribution in [2.45, 2.75) is 180 Å². The van der Waals surface area contributed by atoms with Crippen molar-refractivity contribution in [3.8, 4) is 0 Å². The van der Waals surface area contributed by atoms with Crippen LogP contribution in [-0.2, 0) is 4.79 Å². The molecule has 0 saturated carbocycles. The average molecular weight is 718 g/mol. The minimum absolute atomic E-state index is 0.0846.